The number of hydrogen-bond acceptors (Lipinski definition) is 6. The Labute approximate surface area is 166 Å². The molecule has 0 unspecified atom stereocenters. The van der Waals surface area contributed by atoms with Crippen LogP contribution < -0.4 is 0 Å². The number of carbonyl (C=O) groups is 1. The summed E-state index contributed by atoms with van der Waals surface area (Å²) in [5, 5.41) is 10.6. The zero-order valence-electron chi connectivity index (χ0n) is 15.3. The van der Waals surface area contributed by atoms with E-state index < -0.39 is 27.2 Å². The maximum absolute atomic E-state index is 13.4. The molecule has 0 aliphatic carbocycles. The van der Waals surface area contributed by atoms with Crippen molar-refractivity contribution in [2.75, 3.05) is 12.3 Å². The lowest BCUT2D eigenvalue weighted by atomic mass is 10.1. The molecule has 148 valence electrons. The van der Waals surface area contributed by atoms with Crippen LogP contribution >= 0.6 is 11.8 Å². The Morgan fingerprint density at radius 1 is 1.21 bits per heavy atom. The van der Waals surface area contributed by atoms with Gasteiger partial charge in [0.1, 0.15) is 11.2 Å². The van der Waals surface area contributed by atoms with Crippen LogP contribution in [0, 0.1) is 0 Å². The van der Waals surface area contributed by atoms with Crippen molar-refractivity contribution in [1.82, 2.24) is 4.31 Å². The summed E-state index contributed by atoms with van der Waals surface area (Å²) in [7, 11) is -3.98. The monoisotopic (exact) mass is 421 g/mol. The summed E-state index contributed by atoms with van der Waals surface area (Å²) >= 11 is 1.48. The lowest BCUT2D eigenvalue weighted by molar-refractivity contribution is -0.0166. The molecule has 1 aliphatic heterocycles. The number of rotatable bonds is 3. The van der Waals surface area contributed by atoms with Crippen molar-refractivity contribution >= 4 is 49.9 Å². The van der Waals surface area contributed by atoms with E-state index in [-0.39, 0.29) is 11.4 Å². The van der Waals surface area contributed by atoms with Crippen molar-refractivity contribution in [3.8, 4) is 0 Å². The average Bonchev–Trinajstić information content (AvgIpc) is 3.00. The van der Waals surface area contributed by atoms with E-state index >= 15 is 0 Å². The van der Waals surface area contributed by atoms with Crippen molar-refractivity contribution in [1.29, 1.82) is 0 Å². The average molecular weight is 421 g/mol. The molecule has 2 aromatic carbocycles. The number of thioether (sulfide) groups is 1. The molecule has 7 nitrogen and oxygen atoms in total. The second-order valence-electron chi connectivity index (χ2n) is 7.06. The Bertz CT molecular complexity index is 1170. The van der Waals surface area contributed by atoms with Gasteiger partial charge < -0.3 is 14.3 Å². The lowest BCUT2D eigenvalue weighted by Gasteiger charge is -2.43. The summed E-state index contributed by atoms with van der Waals surface area (Å²) in [6.07, 6.45) is -2.62. The largest absolute Gasteiger partial charge is 0.507 e. The maximum atomic E-state index is 13.4. The van der Waals surface area contributed by atoms with Crippen molar-refractivity contribution < 1.29 is 27.5 Å². The van der Waals surface area contributed by atoms with Crippen LogP contribution in [0.5, 0.6) is 0 Å². The molecule has 2 heterocycles. The van der Waals surface area contributed by atoms with E-state index in [1.54, 1.807) is 26.0 Å². The SMILES string of the molecule is CC1(C)SCCN(S(=O)(=O)c2ccc3oc4ccccc4c3c2)[C@H]1OC(=O)O. The van der Waals surface area contributed by atoms with Gasteiger partial charge in [-0.3, -0.25) is 0 Å². The molecule has 28 heavy (non-hydrogen) atoms. The number of hydrogen-bond donors (Lipinski definition) is 1. The highest BCUT2D eigenvalue weighted by Crippen LogP contribution is 2.39. The van der Waals surface area contributed by atoms with E-state index in [0.29, 0.717) is 22.3 Å². The van der Waals surface area contributed by atoms with Gasteiger partial charge >= 0.3 is 6.16 Å². The van der Waals surface area contributed by atoms with Crippen LogP contribution in [0.3, 0.4) is 0 Å². The van der Waals surface area contributed by atoms with Gasteiger partial charge in [-0.15, -0.1) is 11.8 Å². The number of carboxylic acid groups (broad SMARTS) is 1. The molecule has 0 amide bonds. The van der Waals surface area contributed by atoms with Crippen molar-refractivity contribution in [2.45, 2.75) is 29.7 Å². The molecule has 0 bridgehead atoms. The highest BCUT2D eigenvalue weighted by Gasteiger charge is 2.47. The quantitative estimate of drug-likeness (QED) is 0.635. The van der Waals surface area contributed by atoms with Gasteiger partial charge in [0.05, 0.1) is 9.64 Å². The predicted molar refractivity (Wildman–Crippen MR) is 107 cm³/mol. The van der Waals surface area contributed by atoms with Gasteiger partial charge in [-0.25, -0.2) is 13.2 Å². The zero-order chi connectivity index (χ0) is 20.1. The number of para-hydroxylation sites is 1. The molecular weight excluding hydrogens is 402 g/mol. The number of fused-ring (bicyclic) bond motifs is 3. The molecule has 1 saturated heterocycles. The Balaban J connectivity index is 1.82. The summed E-state index contributed by atoms with van der Waals surface area (Å²) in [6.45, 7) is 3.72. The first-order valence-electron chi connectivity index (χ1n) is 8.67. The summed E-state index contributed by atoms with van der Waals surface area (Å²) in [6, 6.07) is 12.1. The second-order valence-corrected chi connectivity index (χ2v) is 10.7. The minimum atomic E-state index is -3.98. The molecule has 1 aromatic heterocycles. The minimum absolute atomic E-state index is 0.0771. The molecule has 1 fully saturated rings. The van der Waals surface area contributed by atoms with Gasteiger partial charge in [0.2, 0.25) is 10.0 Å². The molecular formula is C19H19NO6S2. The van der Waals surface area contributed by atoms with Crippen molar-refractivity contribution in [3.05, 3.63) is 42.5 Å². The standard InChI is InChI=1S/C19H19NO6S2/c1-19(2)17(26-18(21)22)20(9-10-27-19)28(23,24)12-7-8-16-14(11-12)13-5-3-4-6-15(13)25-16/h3-8,11,17H,9-10H2,1-2H3,(H,21,22)/t17-/m0/s1. The van der Waals surface area contributed by atoms with Crippen molar-refractivity contribution in [3.63, 3.8) is 0 Å². The Hall–Kier alpha value is -2.23. The van der Waals surface area contributed by atoms with E-state index in [1.165, 1.54) is 17.8 Å². The zero-order valence-corrected chi connectivity index (χ0v) is 16.9. The molecule has 4 rings (SSSR count). The topological polar surface area (TPSA) is 97.0 Å². The van der Waals surface area contributed by atoms with Crippen LogP contribution in [0.1, 0.15) is 13.8 Å². The third kappa shape index (κ3) is 3.13. The Morgan fingerprint density at radius 2 is 1.93 bits per heavy atom. The van der Waals surface area contributed by atoms with Gasteiger partial charge in [-0.2, -0.15) is 4.31 Å². The highest BCUT2D eigenvalue weighted by molar-refractivity contribution is 8.00. The fourth-order valence-electron chi connectivity index (χ4n) is 3.48. The summed E-state index contributed by atoms with van der Waals surface area (Å²) in [5.41, 5.74) is 1.27. The summed E-state index contributed by atoms with van der Waals surface area (Å²) in [5.74, 6) is 0.544. The number of furan rings is 1. The molecule has 1 N–H and O–H groups in total. The summed E-state index contributed by atoms with van der Waals surface area (Å²) in [4.78, 5) is 11.3. The summed E-state index contributed by atoms with van der Waals surface area (Å²) < 4.78 is 37.9. The van der Waals surface area contributed by atoms with E-state index in [1.807, 2.05) is 24.3 Å². The first-order chi connectivity index (χ1) is 13.2. The normalized spacial score (nSPS) is 20.4. The molecule has 9 heteroatoms. The van der Waals surface area contributed by atoms with E-state index in [2.05, 4.69) is 0 Å². The van der Waals surface area contributed by atoms with Crippen molar-refractivity contribution in [2.24, 2.45) is 0 Å². The second kappa shape index (κ2) is 6.68. The Kier molecular flexibility index (Phi) is 4.56. The van der Waals surface area contributed by atoms with E-state index in [4.69, 9.17) is 14.3 Å². The third-order valence-electron chi connectivity index (χ3n) is 4.81. The molecule has 0 spiro atoms. The smallest absolute Gasteiger partial charge is 0.456 e. The van der Waals surface area contributed by atoms with Gasteiger partial charge in [-0.05, 0) is 38.1 Å². The van der Waals surface area contributed by atoms with E-state index in [9.17, 15) is 13.2 Å². The number of sulfonamides is 1. The third-order valence-corrected chi connectivity index (χ3v) is 7.98. The molecule has 0 saturated carbocycles. The highest BCUT2D eigenvalue weighted by atomic mass is 32.2. The van der Waals surface area contributed by atoms with Crippen LogP contribution in [-0.4, -0.2) is 47.3 Å². The minimum Gasteiger partial charge on any atom is -0.456 e. The lowest BCUT2D eigenvalue weighted by Crippen LogP contribution is -2.56. The van der Waals surface area contributed by atoms with Gasteiger partial charge in [0.25, 0.3) is 0 Å². The van der Waals surface area contributed by atoms with Crippen LogP contribution in [0.4, 0.5) is 4.79 Å². The van der Waals surface area contributed by atoms with Crippen LogP contribution in [0.15, 0.2) is 51.8 Å². The fraction of sp³-hybridized carbons (Fsp3) is 0.316. The van der Waals surface area contributed by atoms with Crippen LogP contribution in [0.25, 0.3) is 21.9 Å². The number of nitrogens with zero attached hydrogens (tertiary/aromatic N) is 1. The van der Waals surface area contributed by atoms with Crippen LogP contribution in [0.2, 0.25) is 0 Å². The number of benzene rings is 2. The molecule has 1 atom stereocenters. The van der Waals surface area contributed by atoms with Crippen LogP contribution in [-0.2, 0) is 14.8 Å². The Morgan fingerprint density at radius 3 is 2.68 bits per heavy atom. The first kappa shape index (κ1) is 19.1. The first-order valence-corrected chi connectivity index (χ1v) is 11.1. The van der Waals surface area contributed by atoms with Gasteiger partial charge in [0.15, 0.2) is 6.23 Å². The van der Waals surface area contributed by atoms with E-state index in [0.717, 1.165) is 9.69 Å². The number of ether oxygens (including phenoxy) is 1. The molecule has 3 aromatic rings. The maximum Gasteiger partial charge on any atom is 0.507 e. The fourth-order valence-corrected chi connectivity index (χ4v) is 6.46. The molecule has 1 aliphatic rings. The van der Waals surface area contributed by atoms with Gasteiger partial charge in [0, 0.05) is 23.1 Å². The van der Waals surface area contributed by atoms with Gasteiger partial charge in [-0.1, -0.05) is 18.2 Å². The predicted octanol–water partition coefficient (Wildman–Crippen LogP) is 4.12. The molecule has 0 radical (unpaired) electrons.